The normalized spacial score (nSPS) is 10.9. The van der Waals surface area contributed by atoms with Crippen LogP contribution in [0.1, 0.15) is 5.69 Å². The Bertz CT molecular complexity index is 872. The molecule has 1 N–H and O–H groups in total. The third-order valence-electron chi connectivity index (χ3n) is 3.62. The first-order valence-corrected chi connectivity index (χ1v) is 8.07. The fourth-order valence-electron chi connectivity index (χ4n) is 2.26. The number of benzene rings is 1. The van der Waals surface area contributed by atoms with Gasteiger partial charge in [-0.1, -0.05) is 12.1 Å². The van der Waals surface area contributed by atoms with Crippen molar-refractivity contribution in [3.63, 3.8) is 0 Å². The monoisotopic (exact) mass is 394 g/mol. The molecule has 1 amide bonds. The van der Waals surface area contributed by atoms with E-state index in [1.54, 1.807) is 25.1 Å². The van der Waals surface area contributed by atoms with Gasteiger partial charge in [-0.2, -0.15) is 0 Å². The van der Waals surface area contributed by atoms with E-state index in [0.717, 1.165) is 9.04 Å². The van der Waals surface area contributed by atoms with Crippen LogP contribution in [0.25, 0.3) is 0 Å². The van der Waals surface area contributed by atoms with Gasteiger partial charge in [0.1, 0.15) is 0 Å². The molecule has 2 aromatic rings. The van der Waals surface area contributed by atoms with Gasteiger partial charge in [0.25, 0.3) is 5.56 Å². The molecule has 0 saturated heterocycles. The van der Waals surface area contributed by atoms with E-state index in [1.165, 1.54) is 17.7 Å². The molecule has 7 nitrogen and oxygen atoms in total. The van der Waals surface area contributed by atoms with Crippen LogP contribution in [0.2, 0.25) is 0 Å². The molecule has 0 fully saturated rings. The number of halogens is 1. The number of carbonyl (C=O) groups excluding carboxylic acids is 1. The second-order valence-electron chi connectivity index (χ2n) is 5.57. The van der Waals surface area contributed by atoms with E-state index in [9.17, 15) is 14.4 Å². The highest BCUT2D eigenvalue weighted by atomic mass is 79.9. The molecule has 1 heterocycles. The molecule has 24 heavy (non-hydrogen) atoms. The number of anilines is 1. The van der Waals surface area contributed by atoms with E-state index in [4.69, 9.17) is 0 Å². The second-order valence-corrected chi connectivity index (χ2v) is 6.43. The molecular formula is C16H19BrN4O3. The van der Waals surface area contributed by atoms with Crippen LogP contribution < -0.4 is 16.6 Å². The minimum Gasteiger partial charge on any atom is -0.324 e. The van der Waals surface area contributed by atoms with Crippen LogP contribution in [0, 0.1) is 0 Å². The zero-order chi connectivity index (χ0) is 17.9. The highest BCUT2D eigenvalue weighted by Crippen LogP contribution is 2.20. The minimum atomic E-state index is -0.386. The number of rotatable bonds is 5. The summed E-state index contributed by atoms with van der Waals surface area (Å²) in [6.07, 6.45) is 0. The Labute approximate surface area is 147 Å². The lowest BCUT2D eigenvalue weighted by Crippen LogP contribution is -2.40. The Hall–Kier alpha value is -2.19. The molecule has 8 heteroatoms. The predicted molar refractivity (Wildman–Crippen MR) is 96.0 cm³/mol. The zero-order valence-electron chi connectivity index (χ0n) is 13.7. The summed E-state index contributed by atoms with van der Waals surface area (Å²) in [5.41, 5.74) is 0.499. The third-order valence-corrected chi connectivity index (χ3v) is 4.31. The summed E-state index contributed by atoms with van der Waals surface area (Å²) < 4.78 is 3.25. The number of hydrogen-bond acceptors (Lipinski definition) is 4. The number of nitrogens with zero attached hydrogens (tertiary/aromatic N) is 3. The Morgan fingerprint density at radius 2 is 1.88 bits per heavy atom. The molecule has 128 valence electrons. The molecule has 1 aromatic carbocycles. The molecule has 0 saturated carbocycles. The maximum Gasteiger partial charge on any atom is 0.330 e. The van der Waals surface area contributed by atoms with Gasteiger partial charge in [0.2, 0.25) is 5.91 Å². The second kappa shape index (κ2) is 7.59. The molecule has 0 radical (unpaired) electrons. The van der Waals surface area contributed by atoms with E-state index >= 15 is 0 Å². The summed E-state index contributed by atoms with van der Waals surface area (Å²) in [7, 11) is 4.79. The number of nitrogens with one attached hydrogen (secondary N) is 1. The first kappa shape index (κ1) is 18.2. The number of para-hydroxylation sites is 1. The lowest BCUT2D eigenvalue weighted by atomic mass is 10.3. The van der Waals surface area contributed by atoms with Crippen LogP contribution in [0.4, 0.5) is 5.69 Å². The highest BCUT2D eigenvalue weighted by Gasteiger charge is 2.12. The first-order valence-electron chi connectivity index (χ1n) is 7.28. The van der Waals surface area contributed by atoms with Crippen molar-refractivity contribution in [2.45, 2.75) is 6.54 Å². The minimum absolute atomic E-state index is 0.130. The average Bonchev–Trinajstić information content (AvgIpc) is 2.52. The molecule has 0 spiro atoms. The van der Waals surface area contributed by atoms with Crippen molar-refractivity contribution in [1.82, 2.24) is 14.0 Å². The van der Waals surface area contributed by atoms with E-state index in [0.29, 0.717) is 17.9 Å². The van der Waals surface area contributed by atoms with E-state index in [1.807, 2.05) is 18.2 Å². The summed E-state index contributed by atoms with van der Waals surface area (Å²) in [5, 5.41) is 2.81. The predicted octanol–water partition coefficient (Wildman–Crippen LogP) is 0.917. The topological polar surface area (TPSA) is 76.3 Å². The molecule has 0 aliphatic carbocycles. The van der Waals surface area contributed by atoms with Crippen molar-refractivity contribution in [3.05, 3.63) is 61.3 Å². The SMILES string of the molecule is CN(CC(=O)Nc1ccccc1Br)Cc1cc(=O)n(C)c(=O)n1C. The molecule has 0 unspecified atom stereocenters. The van der Waals surface area contributed by atoms with E-state index in [2.05, 4.69) is 21.2 Å². The number of aromatic nitrogens is 2. The maximum atomic E-state index is 12.1. The van der Waals surface area contributed by atoms with Crippen LogP contribution >= 0.6 is 15.9 Å². The molecule has 0 aliphatic heterocycles. The van der Waals surface area contributed by atoms with Gasteiger partial charge >= 0.3 is 5.69 Å². The van der Waals surface area contributed by atoms with Crippen LogP contribution in [0.3, 0.4) is 0 Å². The van der Waals surface area contributed by atoms with Crippen molar-refractivity contribution >= 4 is 27.5 Å². The maximum absolute atomic E-state index is 12.1. The summed E-state index contributed by atoms with van der Waals surface area (Å²) in [5.74, 6) is -0.182. The largest absolute Gasteiger partial charge is 0.330 e. The van der Waals surface area contributed by atoms with Crippen molar-refractivity contribution in [3.8, 4) is 0 Å². The van der Waals surface area contributed by atoms with Crippen molar-refractivity contribution in [2.24, 2.45) is 14.1 Å². The molecule has 1 aromatic heterocycles. The summed E-state index contributed by atoms with van der Waals surface area (Å²) in [6, 6.07) is 8.74. The van der Waals surface area contributed by atoms with Gasteiger partial charge in [-0.15, -0.1) is 0 Å². The van der Waals surface area contributed by atoms with Gasteiger partial charge < -0.3 is 5.32 Å². The lowest BCUT2D eigenvalue weighted by molar-refractivity contribution is -0.117. The Morgan fingerprint density at radius 3 is 2.54 bits per heavy atom. The Morgan fingerprint density at radius 1 is 1.21 bits per heavy atom. The Kier molecular flexibility index (Phi) is 5.74. The lowest BCUT2D eigenvalue weighted by Gasteiger charge is -2.18. The fraction of sp³-hybridized carbons (Fsp3) is 0.312. The number of hydrogen-bond donors (Lipinski definition) is 1. The zero-order valence-corrected chi connectivity index (χ0v) is 15.3. The van der Waals surface area contributed by atoms with Crippen molar-refractivity contribution in [2.75, 3.05) is 18.9 Å². The smallest absolute Gasteiger partial charge is 0.324 e. The van der Waals surface area contributed by atoms with Crippen LogP contribution in [-0.2, 0) is 25.4 Å². The highest BCUT2D eigenvalue weighted by molar-refractivity contribution is 9.10. The molecule has 0 aliphatic rings. The number of carbonyl (C=O) groups is 1. The Balaban J connectivity index is 2.05. The van der Waals surface area contributed by atoms with Crippen LogP contribution in [-0.4, -0.2) is 33.5 Å². The van der Waals surface area contributed by atoms with Crippen molar-refractivity contribution in [1.29, 1.82) is 0 Å². The molecule has 0 atom stereocenters. The quantitative estimate of drug-likeness (QED) is 0.817. The number of amides is 1. The van der Waals surface area contributed by atoms with Gasteiger partial charge in [-0.25, -0.2) is 4.79 Å². The van der Waals surface area contributed by atoms with Gasteiger partial charge in [-0.05, 0) is 35.1 Å². The molecule has 0 bridgehead atoms. The fourth-order valence-corrected chi connectivity index (χ4v) is 2.64. The summed E-state index contributed by atoms with van der Waals surface area (Å²) >= 11 is 3.37. The van der Waals surface area contributed by atoms with E-state index in [-0.39, 0.29) is 23.7 Å². The van der Waals surface area contributed by atoms with Gasteiger partial charge in [0, 0.05) is 36.9 Å². The van der Waals surface area contributed by atoms with Gasteiger partial charge in [0.05, 0.1) is 12.2 Å². The van der Waals surface area contributed by atoms with E-state index < -0.39 is 0 Å². The van der Waals surface area contributed by atoms with Gasteiger partial charge in [0.15, 0.2) is 0 Å². The molecular weight excluding hydrogens is 376 g/mol. The standard InChI is InChI=1S/C16H19BrN4O3/c1-19(9-11-8-15(23)21(3)16(24)20(11)2)10-14(22)18-13-7-5-4-6-12(13)17/h4-8H,9-10H2,1-3H3,(H,18,22). The summed E-state index contributed by atoms with van der Waals surface area (Å²) in [4.78, 5) is 37.5. The third kappa shape index (κ3) is 4.21. The average molecular weight is 395 g/mol. The first-order chi connectivity index (χ1) is 11.3. The summed E-state index contributed by atoms with van der Waals surface area (Å²) in [6.45, 7) is 0.440. The van der Waals surface area contributed by atoms with Crippen molar-refractivity contribution < 1.29 is 4.79 Å². The van der Waals surface area contributed by atoms with Gasteiger partial charge in [-0.3, -0.25) is 23.6 Å². The number of likely N-dealkylation sites (N-methyl/N-ethyl adjacent to an activating group) is 1. The van der Waals surface area contributed by atoms with Crippen LogP contribution in [0.5, 0.6) is 0 Å². The molecule has 2 rings (SSSR count). The van der Waals surface area contributed by atoms with Crippen LogP contribution in [0.15, 0.2) is 44.4 Å².